The maximum absolute atomic E-state index is 13.3. The van der Waals surface area contributed by atoms with Gasteiger partial charge < -0.3 is 10.2 Å². The first-order chi connectivity index (χ1) is 15.1. The van der Waals surface area contributed by atoms with Crippen LogP contribution in [0.1, 0.15) is 30.5 Å². The largest absolute Gasteiger partial charge is 0.416 e. The van der Waals surface area contributed by atoms with Crippen molar-refractivity contribution in [3.05, 3.63) is 65.0 Å². The first-order valence-corrected chi connectivity index (χ1v) is 10.9. The van der Waals surface area contributed by atoms with E-state index in [9.17, 15) is 22.4 Å². The number of rotatable bonds is 4. The van der Waals surface area contributed by atoms with Crippen LogP contribution in [0.25, 0.3) is 0 Å². The number of carbonyl (C=O) groups excluding carboxylic acids is 1. The van der Waals surface area contributed by atoms with Crippen molar-refractivity contribution in [2.24, 2.45) is 5.92 Å². The Bertz CT molecular complexity index is 974. The Kier molecular flexibility index (Phi) is 6.16. The van der Waals surface area contributed by atoms with Crippen LogP contribution < -0.4 is 10.2 Å². The van der Waals surface area contributed by atoms with Crippen LogP contribution in [0.4, 0.5) is 23.2 Å². The van der Waals surface area contributed by atoms with Crippen molar-refractivity contribution in [2.45, 2.75) is 45.1 Å². The zero-order chi connectivity index (χ0) is 23.0. The van der Waals surface area contributed by atoms with Crippen molar-refractivity contribution in [1.29, 1.82) is 0 Å². The van der Waals surface area contributed by atoms with E-state index in [2.05, 4.69) is 15.1 Å². The number of carbonyl (C=O) groups is 1. The van der Waals surface area contributed by atoms with Gasteiger partial charge in [0, 0.05) is 37.9 Å². The predicted octanol–water partition coefficient (Wildman–Crippen LogP) is 4.23. The van der Waals surface area contributed by atoms with Crippen LogP contribution in [0.15, 0.2) is 42.5 Å². The zero-order valence-electron chi connectivity index (χ0n) is 18.1. The molecule has 8 heteroatoms. The molecular weight excluding hydrogens is 422 g/mol. The van der Waals surface area contributed by atoms with Gasteiger partial charge in [-0.05, 0) is 61.7 Å². The molecule has 32 heavy (non-hydrogen) atoms. The molecule has 0 saturated carbocycles. The number of nitrogens with one attached hydrogen (secondary N) is 1. The van der Waals surface area contributed by atoms with E-state index in [0.717, 1.165) is 17.3 Å². The third-order valence-electron chi connectivity index (χ3n) is 6.21. The number of hydrogen-bond donors (Lipinski definition) is 1. The minimum atomic E-state index is -4.42. The Balaban J connectivity index is 1.61. The molecule has 1 N–H and O–H groups in total. The third kappa shape index (κ3) is 4.75. The van der Waals surface area contributed by atoms with Crippen LogP contribution in [0.2, 0.25) is 0 Å². The summed E-state index contributed by atoms with van der Waals surface area (Å²) >= 11 is 0. The molecular formula is C24H27F4N3O. The zero-order valence-corrected chi connectivity index (χ0v) is 18.1. The van der Waals surface area contributed by atoms with E-state index in [4.69, 9.17) is 0 Å². The summed E-state index contributed by atoms with van der Waals surface area (Å²) in [5.74, 6) is -0.878. The summed E-state index contributed by atoms with van der Waals surface area (Å²) < 4.78 is 53.1. The topological polar surface area (TPSA) is 35.6 Å². The summed E-state index contributed by atoms with van der Waals surface area (Å²) in [7, 11) is 0. The van der Waals surface area contributed by atoms with Crippen molar-refractivity contribution in [2.75, 3.05) is 24.5 Å². The summed E-state index contributed by atoms with van der Waals surface area (Å²) in [6, 6.07) is 10.0. The number of benzene rings is 2. The molecule has 2 aromatic carbocycles. The van der Waals surface area contributed by atoms with Gasteiger partial charge in [-0.3, -0.25) is 9.69 Å². The standard InChI is InChI=1S/C24H27F4N3O/c1-15(2)29-23(32)20-12-17-11-18(24(26,27)28)5-8-21(17)31-10-9-30(14-22(20)31)13-16-3-6-19(25)7-4-16/h3-8,11,15,20,22H,9-10,12-14H2,1-2H3,(H,29,32)/t20-,22-/m1/s1. The van der Waals surface area contributed by atoms with E-state index in [0.29, 0.717) is 31.7 Å². The number of amides is 1. The highest BCUT2D eigenvalue weighted by Crippen LogP contribution is 2.40. The molecule has 4 nitrogen and oxygen atoms in total. The lowest BCUT2D eigenvalue weighted by molar-refractivity contribution is -0.137. The summed E-state index contributed by atoms with van der Waals surface area (Å²) in [4.78, 5) is 17.3. The molecule has 0 bridgehead atoms. The molecule has 1 amide bonds. The van der Waals surface area contributed by atoms with Gasteiger partial charge in [-0.25, -0.2) is 4.39 Å². The SMILES string of the molecule is CC(C)NC(=O)[C@@H]1Cc2cc(C(F)(F)F)ccc2N2CCN(Cc3ccc(F)cc3)C[C@H]12. The molecule has 2 aromatic rings. The molecule has 172 valence electrons. The second-order valence-corrected chi connectivity index (χ2v) is 8.94. The number of halogens is 4. The lowest BCUT2D eigenvalue weighted by Gasteiger charge is -2.49. The molecule has 1 saturated heterocycles. The first-order valence-electron chi connectivity index (χ1n) is 10.9. The molecule has 2 aliphatic heterocycles. The summed E-state index contributed by atoms with van der Waals surface area (Å²) in [6.07, 6.45) is -4.15. The van der Waals surface area contributed by atoms with Gasteiger partial charge in [0.1, 0.15) is 5.82 Å². The van der Waals surface area contributed by atoms with E-state index in [1.54, 1.807) is 12.1 Å². The fourth-order valence-corrected chi connectivity index (χ4v) is 4.74. The second-order valence-electron chi connectivity index (χ2n) is 8.94. The number of piperazine rings is 1. The molecule has 0 unspecified atom stereocenters. The molecule has 0 aromatic heterocycles. The fraction of sp³-hybridized carbons (Fsp3) is 0.458. The van der Waals surface area contributed by atoms with E-state index >= 15 is 0 Å². The molecule has 0 radical (unpaired) electrons. The highest BCUT2D eigenvalue weighted by molar-refractivity contribution is 5.82. The van der Waals surface area contributed by atoms with E-state index in [1.807, 2.05) is 13.8 Å². The van der Waals surface area contributed by atoms with Gasteiger partial charge >= 0.3 is 6.18 Å². The Hall–Kier alpha value is -2.61. The maximum atomic E-state index is 13.3. The number of alkyl halides is 3. The molecule has 2 atom stereocenters. The van der Waals surface area contributed by atoms with Gasteiger partial charge in [0.2, 0.25) is 5.91 Å². The van der Waals surface area contributed by atoms with Crippen LogP contribution >= 0.6 is 0 Å². The average molecular weight is 449 g/mol. The molecule has 0 spiro atoms. The number of nitrogens with zero attached hydrogens (tertiary/aromatic N) is 2. The molecule has 0 aliphatic carbocycles. The normalized spacial score (nSPS) is 21.3. The summed E-state index contributed by atoms with van der Waals surface area (Å²) in [6.45, 7) is 6.28. The third-order valence-corrected chi connectivity index (χ3v) is 6.21. The second kappa shape index (κ2) is 8.73. The first kappa shape index (κ1) is 22.6. The van der Waals surface area contributed by atoms with Crippen molar-refractivity contribution in [1.82, 2.24) is 10.2 Å². The molecule has 1 fully saturated rings. The Morgan fingerprint density at radius 1 is 1.12 bits per heavy atom. The van der Waals surface area contributed by atoms with Crippen LogP contribution in [0, 0.1) is 11.7 Å². The molecule has 2 heterocycles. The predicted molar refractivity (Wildman–Crippen MR) is 115 cm³/mol. The van der Waals surface area contributed by atoms with Crippen molar-refractivity contribution < 1.29 is 22.4 Å². The van der Waals surface area contributed by atoms with Gasteiger partial charge in [-0.15, -0.1) is 0 Å². The smallest absolute Gasteiger partial charge is 0.365 e. The summed E-state index contributed by atoms with van der Waals surface area (Å²) in [5, 5.41) is 2.94. The van der Waals surface area contributed by atoms with Gasteiger partial charge in [-0.1, -0.05) is 12.1 Å². The molecule has 2 aliphatic rings. The fourth-order valence-electron chi connectivity index (χ4n) is 4.74. The lowest BCUT2D eigenvalue weighted by Crippen LogP contribution is -2.61. The van der Waals surface area contributed by atoms with Crippen molar-refractivity contribution in [3.8, 4) is 0 Å². The van der Waals surface area contributed by atoms with Crippen LogP contribution in [-0.2, 0) is 23.9 Å². The van der Waals surface area contributed by atoms with Crippen LogP contribution in [0.5, 0.6) is 0 Å². The van der Waals surface area contributed by atoms with Crippen molar-refractivity contribution >= 4 is 11.6 Å². The monoisotopic (exact) mass is 449 g/mol. The average Bonchev–Trinajstić information content (AvgIpc) is 2.73. The van der Waals surface area contributed by atoms with E-state index in [1.165, 1.54) is 24.3 Å². The molecule has 4 rings (SSSR count). The Morgan fingerprint density at radius 2 is 1.84 bits per heavy atom. The number of anilines is 1. The van der Waals surface area contributed by atoms with Gasteiger partial charge in [0.15, 0.2) is 0 Å². The lowest BCUT2D eigenvalue weighted by atomic mass is 9.82. The minimum absolute atomic E-state index is 0.0576. The van der Waals surface area contributed by atoms with Crippen molar-refractivity contribution in [3.63, 3.8) is 0 Å². The van der Waals surface area contributed by atoms with Gasteiger partial charge in [0.05, 0.1) is 17.5 Å². The summed E-state index contributed by atoms with van der Waals surface area (Å²) in [5.41, 5.74) is 1.63. The Morgan fingerprint density at radius 3 is 2.50 bits per heavy atom. The quantitative estimate of drug-likeness (QED) is 0.710. The minimum Gasteiger partial charge on any atom is -0.365 e. The van der Waals surface area contributed by atoms with Crippen LogP contribution in [0.3, 0.4) is 0 Å². The van der Waals surface area contributed by atoms with Crippen LogP contribution in [-0.4, -0.2) is 42.5 Å². The van der Waals surface area contributed by atoms with Gasteiger partial charge in [-0.2, -0.15) is 13.2 Å². The van der Waals surface area contributed by atoms with E-state index < -0.39 is 17.7 Å². The highest BCUT2D eigenvalue weighted by Gasteiger charge is 2.42. The number of hydrogen-bond acceptors (Lipinski definition) is 3. The van der Waals surface area contributed by atoms with Gasteiger partial charge in [0.25, 0.3) is 0 Å². The highest BCUT2D eigenvalue weighted by atomic mass is 19.4. The van der Waals surface area contributed by atoms with E-state index in [-0.39, 0.29) is 30.2 Å². The Labute approximate surface area is 185 Å². The number of fused-ring (bicyclic) bond motifs is 3. The maximum Gasteiger partial charge on any atom is 0.416 e.